The van der Waals surface area contributed by atoms with Gasteiger partial charge in [0, 0.05) is 0 Å². The number of carboxylic acid groups (broad SMARTS) is 1. The Morgan fingerprint density at radius 1 is 0.778 bits per heavy atom. The standard InChI is InChI=1S/C25H30O2/c1-16(2)22(17-7-9-18(10-8-17)23(26)27)19-11-12-20-21(15-19)25(5,6)14-13-24(20,3)4/h7-12,15H,13-14H2,1-6H3,(H,26,27). The fourth-order valence-corrected chi connectivity index (χ4v) is 4.27. The van der Waals surface area contributed by atoms with E-state index in [4.69, 9.17) is 5.11 Å². The molecule has 1 aliphatic carbocycles. The molecule has 0 amide bonds. The van der Waals surface area contributed by atoms with Gasteiger partial charge in [0.2, 0.25) is 0 Å². The number of benzene rings is 2. The number of fused-ring (bicyclic) bond motifs is 1. The Morgan fingerprint density at radius 3 is 1.78 bits per heavy atom. The molecule has 3 rings (SSSR count). The van der Waals surface area contributed by atoms with Crippen molar-refractivity contribution in [1.29, 1.82) is 0 Å². The second-order valence-corrected chi connectivity index (χ2v) is 9.29. The molecule has 0 bridgehead atoms. The molecule has 2 nitrogen and oxygen atoms in total. The van der Waals surface area contributed by atoms with Crippen molar-refractivity contribution >= 4 is 11.5 Å². The van der Waals surface area contributed by atoms with Crippen LogP contribution in [-0.4, -0.2) is 11.1 Å². The molecule has 27 heavy (non-hydrogen) atoms. The molecule has 0 saturated carbocycles. The summed E-state index contributed by atoms with van der Waals surface area (Å²) >= 11 is 0. The van der Waals surface area contributed by atoms with Crippen molar-refractivity contribution in [2.24, 2.45) is 0 Å². The SMILES string of the molecule is CC(C)=C(c1ccc(C(=O)O)cc1)c1ccc2c(c1)C(C)(C)CCC2(C)C. The highest BCUT2D eigenvalue weighted by atomic mass is 16.4. The molecule has 2 aromatic rings. The van der Waals surface area contributed by atoms with Crippen LogP contribution < -0.4 is 0 Å². The van der Waals surface area contributed by atoms with Crippen LogP contribution in [-0.2, 0) is 10.8 Å². The largest absolute Gasteiger partial charge is 0.478 e. The molecular formula is C25H30O2. The molecule has 0 spiro atoms. The average Bonchev–Trinajstić information content (AvgIpc) is 2.59. The minimum Gasteiger partial charge on any atom is -0.478 e. The van der Waals surface area contributed by atoms with Gasteiger partial charge in [-0.15, -0.1) is 0 Å². The van der Waals surface area contributed by atoms with Crippen LogP contribution in [0.1, 0.15) is 87.0 Å². The van der Waals surface area contributed by atoms with E-state index in [0.29, 0.717) is 5.56 Å². The molecule has 0 aliphatic heterocycles. The van der Waals surface area contributed by atoms with E-state index in [2.05, 4.69) is 59.7 Å². The minimum atomic E-state index is -0.891. The Kier molecular flexibility index (Phi) is 4.80. The summed E-state index contributed by atoms with van der Waals surface area (Å²) in [5, 5.41) is 9.17. The zero-order valence-electron chi connectivity index (χ0n) is 17.3. The van der Waals surface area contributed by atoms with Gasteiger partial charge in [0.25, 0.3) is 0 Å². The van der Waals surface area contributed by atoms with Crippen molar-refractivity contribution in [2.45, 2.75) is 65.2 Å². The quantitative estimate of drug-likeness (QED) is 0.670. The highest BCUT2D eigenvalue weighted by Crippen LogP contribution is 2.46. The Balaban J connectivity index is 2.14. The lowest BCUT2D eigenvalue weighted by Crippen LogP contribution is -2.33. The first-order chi connectivity index (χ1) is 12.5. The Bertz CT molecular complexity index is 908. The van der Waals surface area contributed by atoms with Gasteiger partial charge >= 0.3 is 5.97 Å². The number of aromatic carboxylic acids is 1. The van der Waals surface area contributed by atoms with Gasteiger partial charge < -0.3 is 5.11 Å². The van der Waals surface area contributed by atoms with Gasteiger partial charge in [-0.05, 0) is 77.5 Å². The summed E-state index contributed by atoms with van der Waals surface area (Å²) in [6, 6.07) is 14.1. The van der Waals surface area contributed by atoms with E-state index >= 15 is 0 Å². The molecule has 0 radical (unpaired) electrons. The maximum Gasteiger partial charge on any atom is 0.335 e. The highest BCUT2D eigenvalue weighted by Gasteiger charge is 2.37. The van der Waals surface area contributed by atoms with Crippen molar-refractivity contribution in [2.75, 3.05) is 0 Å². The smallest absolute Gasteiger partial charge is 0.335 e. The molecule has 0 heterocycles. The van der Waals surface area contributed by atoms with Crippen LogP contribution in [0.25, 0.3) is 5.57 Å². The van der Waals surface area contributed by atoms with Gasteiger partial charge in [-0.2, -0.15) is 0 Å². The normalized spacial score (nSPS) is 17.1. The Morgan fingerprint density at radius 2 is 1.26 bits per heavy atom. The van der Waals surface area contributed by atoms with Crippen LogP contribution in [0.15, 0.2) is 48.0 Å². The maximum absolute atomic E-state index is 11.2. The van der Waals surface area contributed by atoms with Crippen molar-refractivity contribution < 1.29 is 9.90 Å². The summed E-state index contributed by atoms with van der Waals surface area (Å²) < 4.78 is 0. The van der Waals surface area contributed by atoms with Gasteiger partial charge in [0.05, 0.1) is 5.56 Å². The van der Waals surface area contributed by atoms with Crippen molar-refractivity contribution in [3.63, 3.8) is 0 Å². The molecule has 142 valence electrons. The molecule has 2 heteroatoms. The lowest BCUT2D eigenvalue weighted by molar-refractivity contribution is 0.0697. The molecular weight excluding hydrogens is 332 g/mol. The van der Waals surface area contributed by atoms with E-state index in [1.54, 1.807) is 12.1 Å². The van der Waals surface area contributed by atoms with Crippen molar-refractivity contribution in [3.05, 3.63) is 75.9 Å². The van der Waals surface area contributed by atoms with Crippen LogP contribution in [0, 0.1) is 0 Å². The fourth-order valence-electron chi connectivity index (χ4n) is 4.27. The van der Waals surface area contributed by atoms with Gasteiger partial charge in [0.15, 0.2) is 0 Å². The summed E-state index contributed by atoms with van der Waals surface area (Å²) in [6.07, 6.45) is 2.40. The van der Waals surface area contributed by atoms with Gasteiger partial charge in [-0.3, -0.25) is 0 Å². The third kappa shape index (κ3) is 3.58. The first-order valence-electron chi connectivity index (χ1n) is 9.69. The number of allylic oxidation sites excluding steroid dienone is 1. The predicted octanol–water partition coefficient (Wildman–Crippen LogP) is 6.58. The zero-order valence-corrected chi connectivity index (χ0v) is 17.3. The molecule has 0 atom stereocenters. The molecule has 1 N–H and O–H groups in total. The van der Waals surface area contributed by atoms with E-state index in [9.17, 15) is 4.79 Å². The number of hydrogen-bond donors (Lipinski definition) is 1. The Labute approximate surface area is 162 Å². The van der Waals surface area contributed by atoms with Gasteiger partial charge in [-0.25, -0.2) is 4.79 Å². The monoisotopic (exact) mass is 362 g/mol. The number of carboxylic acids is 1. The summed E-state index contributed by atoms with van der Waals surface area (Å²) in [5.41, 5.74) is 8.28. The molecule has 2 aromatic carbocycles. The minimum absolute atomic E-state index is 0.167. The van der Waals surface area contributed by atoms with Crippen LogP contribution >= 0.6 is 0 Å². The molecule has 1 aliphatic rings. The Hall–Kier alpha value is -2.35. The fraction of sp³-hybridized carbons (Fsp3) is 0.400. The predicted molar refractivity (Wildman–Crippen MR) is 112 cm³/mol. The highest BCUT2D eigenvalue weighted by molar-refractivity contribution is 5.89. The van der Waals surface area contributed by atoms with Crippen molar-refractivity contribution in [3.8, 4) is 0 Å². The lowest BCUT2D eigenvalue weighted by atomic mass is 9.62. The summed E-state index contributed by atoms with van der Waals surface area (Å²) in [7, 11) is 0. The lowest BCUT2D eigenvalue weighted by Gasteiger charge is -2.42. The van der Waals surface area contributed by atoms with E-state index in [1.165, 1.54) is 40.7 Å². The molecule has 0 unspecified atom stereocenters. The average molecular weight is 363 g/mol. The van der Waals surface area contributed by atoms with E-state index in [0.717, 1.165) is 5.56 Å². The third-order valence-corrected chi connectivity index (χ3v) is 6.06. The molecule has 0 saturated heterocycles. The molecule has 0 fully saturated rings. The van der Waals surface area contributed by atoms with Gasteiger partial charge in [0.1, 0.15) is 0 Å². The first-order valence-corrected chi connectivity index (χ1v) is 9.69. The van der Waals surface area contributed by atoms with E-state index in [1.807, 2.05) is 12.1 Å². The third-order valence-electron chi connectivity index (χ3n) is 6.06. The maximum atomic E-state index is 11.2. The van der Waals surface area contributed by atoms with Crippen molar-refractivity contribution in [1.82, 2.24) is 0 Å². The number of carbonyl (C=O) groups is 1. The van der Waals surface area contributed by atoms with E-state index in [-0.39, 0.29) is 10.8 Å². The van der Waals surface area contributed by atoms with Crippen LogP contribution in [0.5, 0.6) is 0 Å². The second-order valence-electron chi connectivity index (χ2n) is 9.29. The number of hydrogen-bond acceptors (Lipinski definition) is 1. The van der Waals surface area contributed by atoms with Gasteiger partial charge in [-0.1, -0.05) is 63.6 Å². The summed E-state index contributed by atoms with van der Waals surface area (Å²) in [5.74, 6) is -0.891. The first kappa shape index (κ1) is 19.4. The summed E-state index contributed by atoms with van der Waals surface area (Å²) in [6.45, 7) is 13.6. The second kappa shape index (κ2) is 6.67. The summed E-state index contributed by atoms with van der Waals surface area (Å²) in [4.78, 5) is 11.2. The van der Waals surface area contributed by atoms with Crippen LogP contribution in [0.4, 0.5) is 0 Å². The van der Waals surface area contributed by atoms with Crippen LogP contribution in [0.3, 0.4) is 0 Å². The topological polar surface area (TPSA) is 37.3 Å². The molecule has 0 aromatic heterocycles. The zero-order chi connectivity index (χ0) is 20.0. The van der Waals surface area contributed by atoms with E-state index < -0.39 is 5.97 Å². The van der Waals surface area contributed by atoms with Crippen LogP contribution in [0.2, 0.25) is 0 Å². The number of rotatable bonds is 3.